The number of benzene rings is 1. The first-order valence-electron chi connectivity index (χ1n) is 6.15. The smallest absolute Gasteiger partial charge is 0.0504 e. The highest BCUT2D eigenvalue weighted by atomic mass is 32.2. The van der Waals surface area contributed by atoms with Gasteiger partial charge in [-0.2, -0.15) is 0 Å². The van der Waals surface area contributed by atoms with Crippen LogP contribution in [0.5, 0.6) is 0 Å². The molecule has 1 aliphatic rings. The van der Waals surface area contributed by atoms with Crippen molar-refractivity contribution in [2.24, 2.45) is 5.41 Å². The van der Waals surface area contributed by atoms with Crippen LogP contribution in [0, 0.1) is 5.41 Å². The molecule has 1 fully saturated rings. The summed E-state index contributed by atoms with van der Waals surface area (Å²) >= 11 is 1.76. The molecule has 0 radical (unpaired) electrons. The summed E-state index contributed by atoms with van der Waals surface area (Å²) < 4.78 is 0. The summed E-state index contributed by atoms with van der Waals surface area (Å²) in [5.74, 6) is 0. The molecule has 1 aromatic carbocycles. The highest BCUT2D eigenvalue weighted by Crippen LogP contribution is 2.41. The summed E-state index contributed by atoms with van der Waals surface area (Å²) in [7, 11) is 2.11. The second-order valence-electron chi connectivity index (χ2n) is 5.07. The third-order valence-corrected chi connectivity index (χ3v) is 4.58. The van der Waals surface area contributed by atoms with Crippen LogP contribution in [0.1, 0.15) is 19.3 Å². The largest absolute Gasteiger partial charge is 0.396 e. The van der Waals surface area contributed by atoms with E-state index in [1.54, 1.807) is 11.8 Å². The quantitative estimate of drug-likeness (QED) is 0.814. The van der Waals surface area contributed by atoms with Gasteiger partial charge in [0, 0.05) is 29.6 Å². The molecule has 1 N–H and O–H groups in total. The van der Waals surface area contributed by atoms with Gasteiger partial charge in [0.15, 0.2) is 0 Å². The molecule has 0 saturated heterocycles. The molecule has 94 valence electrons. The highest BCUT2D eigenvalue weighted by Gasteiger charge is 2.37. The lowest BCUT2D eigenvalue weighted by Crippen LogP contribution is -2.43. The molecule has 0 unspecified atom stereocenters. The van der Waals surface area contributed by atoms with Gasteiger partial charge in [0.05, 0.1) is 6.61 Å². The third-order valence-electron chi connectivity index (χ3n) is 3.84. The first-order chi connectivity index (χ1) is 8.19. The maximum Gasteiger partial charge on any atom is 0.0504 e. The zero-order chi connectivity index (χ0) is 12.3. The number of hydrogen-bond donors (Lipinski definition) is 1. The van der Waals surface area contributed by atoms with E-state index in [0.29, 0.717) is 6.61 Å². The van der Waals surface area contributed by atoms with Crippen LogP contribution in [0.3, 0.4) is 0 Å². The fourth-order valence-corrected chi connectivity index (χ4v) is 2.88. The van der Waals surface area contributed by atoms with E-state index in [1.807, 2.05) is 0 Å². The lowest BCUT2D eigenvalue weighted by atomic mass is 9.69. The van der Waals surface area contributed by atoms with Crippen LogP contribution in [0.25, 0.3) is 0 Å². The summed E-state index contributed by atoms with van der Waals surface area (Å²) in [6, 6.07) is 8.64. The molecule has 3 heteroatoms. The molecule has 2 nitrogen and oxygen atoms in total. The van der Waals surface area contributed by atoms with Crippen LogP contribution in [0.2, 0.25) is 0 Å². The van der Waals surface area contributed by atoms with Gasteiger partial charge < -0.3 is 10.0 Å². The van der Waals surface area contributed by atoms with Gasteiger partial charge in [0.25, 0.3) is 0 Å². The molecule has 0 heterocycles. The van der Waals surface area contributed by atoms with E-state index < -0.39 is 0 Å². The van der Waals surface area contributed by atoms with E-state index in [1.165, 1.54) is 17.0 Å². The Bertz CT molecular complexity index is 353. The summed E-state index contributed by atoms with van der Waals surface area (Å²) in [5.41, 5.74) is 1.40. The number of aliphatic hydroxyl groups is 1. The Kier molecular flexibility index (Phi) is 4.00. The average Bonchev–Trinajstić information content (AvgIpc) is 2.33. The fourth-order valence-electron chi connectivity index (χ4n) is 2.47. The molecule has 0 aliphatic heterocycles. The molecular formula is C14H21NOS. The number of hydrogen-bond acceptors (Lipinski definition) is 3. The molecular weight excluding hydrogens is 230 g/mol. The van der Waals surface area contributed by atoms with Gasteiger partial charge in [-0.3, -0.25) is 0 Å². The Balaban J connectivity index is 2.01. The maximum atomic E-state index is 9.48. The molecule has 1 aliphatic carbocycles. The van der Waals surface area contributed by atoms with Crippen LogP contribution in [-0.4, -0.2) is 31.6 Å². The number of thioether (sulfide) groups is 1. The lowest BCUT2D eigenvalue weighted by molar-refractivity contribution is 0.0524. The Morgan fingerprint density at radius 2 is 1.94 bits per heavy atom. The minimum Gasteiger partial charge on any atom is -0.396 e. The van der Waals surface area contributed by atoms with E-state index in [9.17, 15) is 5.11 Å². The molecule has 1 aromatic rings. The normalized spacial score (nSPS) is 17.6. The zero-order valence-electron chi connectivity index (χ0n) is 10.6. The van der Waals surface area contributed by atoms with Gasteiger partial charge in [0.2, 0.25) is 0 Å². The third kappa shape index (κ3) is 2.78. The Labute approximate surface area is 108 Å². The molecule has 0 atom stereocenters. The topological polar surface area (TPSA) is 23.5 Å². The van der Waals surface area contributed by atoms with E-state index in [0.717, 1.165) is 19.4 Å². The lowest BCUT2D eigenvalue weighted by Gasteiger charge is -2.43. The second kappa shape index (κ2) is 5.32. The van der Waals surface area contributed by atoms with Gasteiger partial charge in [-0.15, -0.1) is 11.8 Å². The van der Waals surface area contributed by atoms with Crippen LogP contribution < -0.4 is 4.90 Å². The predicted octanol–water partition coefficient (Wildman–Crippen LogP) is 3.01. The van der Waals surface area contributed by atoms with E-state index >= 15 is 0 Å². The highest BCUT2D eigenvalue weighted by molar-refractivity contribution is 7.98. The Morgan fingerprint density at radius 3 is 2.35 bits per heavy atom. The number of aliphatic hydroxyl groups excluding tert-OH is 1. The van der Waals surface area contributed by atoms with Crippen molar-refractivity contribution in [2.45, 2.75) is 24.2 Å². The van der Waals surface area contributed by atoms with Crippen molar-refractivity contribution in [2.75, 3.05) is 31.4 Å². The minimum absolute atomic E-state index is 0.160. The zero-order valence-corrected chi connectivity index (χ0v) is 11.5. The van der Waals surface area contributed by atoms with E-state index in [2.05, 4.69) is 42.5 Å². The van der Waals surface area contributed by atoms with Crippen molar-refractivity contribution in [1.82, 2.24) is 0 Å². The first-order valence-corrected chi connectivity index (χ1v) is 7.38. The second-order valence-corrected chi connectivity index (χ2v) is 5.95. The molecule has 2 rings (SSSR count). The van der Waals surface area contributed by atoms with Crippen molar-refractivity contribution >= 4 is 17.4 Å². The van der Waals surface area contributed by atoms with E-state index in [4.69, 9.17) is 0 Å². The molecule has 0 aromatic heterocycles. The summed E-state index contributed by atoms with van der Waals surface area (Å²) in [5, 5.41) is 9.48. The first kappa shape index (κ1) is 12.8. The van der Waals surface area contributed by atoms with Gasteiger partial charge in [0.1, 0.15) is 0 Å². The number of nitrogens with zero attached hydrogens (tertiary/aromatic N) is 1. The molecule has 0 amide bonds. The predicted molar refractivity (Wildman–Crippen MR) is 74.9 cm³/mol. The molecule has 0 spiro atoms. The maximum absolute atomic E-state index is 9.48. The summed E-state index contributed by atoms with van der Waals surface area (Å²) in [4.78, 5) is 3.56. The van der Waals surface area contributed by atoms with Crippen molar-refractivity contribution in [3.05, 3.63) is 24.3 Å². The van der Waals surface area contributed by atoms with Crippen molar-refractivity contribution < 1.29 is 5.11 Å². The van der Waals surface area contributed by atoms with Crippen LogP contribution in [0.15, 0.2) is 29.2 Å². The Morgan fingerprint density at radius 1 is 1.29 bits per heavy atom. The average molecular weight is 251 g/mol. The van der Waals surface area contributed by atoms with E-state index in [-0.39, 0.29) is 5.41 Å². The van der Waals surface area contributed by atoms with Gasteiger partial charge in [-0.1, -0.05) is 6.42 Å². The van der Waals surface area contributed by atoms with Crippen molar-refractivity contribution in [1.29, 1.82) is 0 Å². The van der Waals surface area contributed by atoms with Crippen molar-refractivity contribution in [3.63, 3.8) is 0 Å². The van der Waals surface area contributed by atoms with Crippen LogP contribution in [0.4, 0.5) is 5.69 Å². The number of rotatable bonds is 5. The summed E-state index contributed by atoms with van der Waals surface area (Å²) in [6.45, 7) is 1.28. The Hall–Kier alpha value is -0.670. The van der Waals surface area contributed by atoms with Gasteiger partial charge in [-0.25, -0.2) is 0 Å². The minimum atomic E-state index is 0.160. The van der Waals surface area contributed by atoms with Crippen molar-refractivity contribution in [3.8, 4) is 0 Å². The van der Waals surface area contributed by atoms with Gasteiger partial charge in [-0.05, 0) is 43.4 Å². The molecule has 17 heavy (non-hydrogen) atoms. The fraction of sp³-hybridized carbons (Fsp3) is 0.571. The van der Waals surface area contributed by atoms with Crippen LogP contribution >= 0.6 is 11.8 Å². The number of anilines is 1. The molecule has 1 saturated carbocycles. The standard InChI is InChI=1S/C14H21NOS/c1-15(10-14(11-16)8-3-9-14)12-4-6-13(17-2)7-5-12/h4-7,16H,3,8-11H2,1-2H3. The monoisotopic (exact) mass is 251 g/mol. The van der Waals surface area contributed by atoms with Crippen LogP contribution in [-0.2, 0) is 0 Å². The molecule has 0 bridgehead atoms. The SMILES string of the molecule is CSc1ccc(N(C)CC2(CO)CCC2)cc1. The summed E-state index contributed by atoms with van der Waals surface area (Å²) in [6.07, 6.45) is 5.68. The van der Waals surface area contributed by atoms with Gasteiger partial charge >= 0.3 is 0 Å².